The van der Waals surface area contributed by atoms with Crippen LogP contribution < -0.4 is 15.4 Å². The fourth-order valence-electron chi connectivity index (χ4n) is 2.66. The smallest absolute Gasteiger partial charge is 0.267 e. The van der Waals surface area contributed by atoms with Crippen molar-refractivity contribution >= 4 is 56.2 Å². The van der Waals surface area contributed by atoms with Crippen molar-refractivity contribution in [3.05, 3.63) is 52.1 Å². The van der Waals surface area contributed by atoms with Crippen molar-refractivity contribution in [1.82, 2.24) is 0 Å². The summed E-state index contributed by atoms with van der Waals surface area (Å²) in [6.07, 6.45) is -0.569. The fourth-order valence-corrected chi connectivity index (χ4v) is 4.10. The average Bonchev–Trinajstić information content (AvgIpc) is 2.92. The Kier molecular flexibility index (Phi) is 4.05. The molecule has 0 fully saturated rings. The highest BCUT2D eigenvalue weighted by atomic mass is 35.5. The lowest BCUT2D eigenvalue weighted by Gasteiger charge is -2.23. The van der Waals surface area contributed by atoms with Gasteiger partial charge in [-0.2, -0.15) is 0 Å². The van der Waals surface area contributed by atoms with E-state index in [1.807, 2.05) is 0 Å². The molecule has 0 unspecified atom stereocenters. The van der Waals surface area contributed by atoms with Crippen LogP contribution in [0.4, 0.5) is 15.8 Å². The second-order valence-corrected chi connectivity index (χ2v) is 7.23. The van der Waals surface area contributed by atoms with Crippen molar-refractivity contribution in [2.45, 2.75) is 13.0 Å². The number of nitrogens with one attached hydrogen (secondary N) is 2. The van der Waals surface area contributed by atoms with Crippen LogP contribution in [0, 0.1) is 5.82 Å². The molecule has 0 saturated carbocycles. The van der Waals surface area contributed by atoms with Gasteiger partial charge >= 0.3 is 0 Å². The zero-order chi connectivity index (χ0) is 18.4. The molecule has 0 bridgehead atoms. The van der Waals surface area contributed by atoms with Crippen LogP contribution in [0.5, 0.6) is 5.75 Å². The summed E-state index contributed by atoms with van der Waals surface area (Å²) < 4.78 is 19.4. The molecule has 1 atom stereocenters. The van der Waals surface area contributed by atoms with E-state index in [4.69, 9.17) is 16.3 Å². The molecule has 3 aromatic rings. The standard InChI is InChI=1S/C18H12ClFN2O3S/c1-8-17(23)22-12-7-10(3-5-13(12)25-8)21-18(24)16-15(19)11-4-2-9(20)6-14(11)26-16/h2-8H,1H3,(H,21,24)(H,22,23)/t8-/m1/s1. The Morgan fingerprint density at radius 1 is 1.31 bits per heavy atom. The first-order chi connectivity index (χ1) is 12.4. The minimum absolute atomic E-state index is 0.254. The molecule has 4 rings (SSSR count). The third-order valence-corrected chi connectivity index (χ3v) is 5.62. The molecule has 0 spiro atoms. The van der Waals surface area contributed by atoms with Crippen molar-refractivity contribution in [2.24, 2.45) is 0 Å². The van der Waals surface area contributed by atoms with Crippen LogP contribution in [-0.4, -0.2) is 17.9 Å². The summed E-state index contributed by atoms with van der Waals surface area (Å²) in [4.78, 5) is 24.6. The van der Waals surface area contributed by atoms with Crippen molar-refractivity contribution in [3.8, 4) is 5.75 Å². The van der Waals surface area contributed by atoms with Crippen molar-refractivity contribution in [1.29, 1.82) is 0 Å². The Hall–Kier alpha value is -2.64. The molecule has 2 amide bonds. The second-order valence-electron chi connectivity index (χ2n) is 5.80. The van der Waals surface area contributed by atoms with Crippen molar-refractivity contribution in [3.63, 3.8) is 0 Å². The van der Waals surface area contributed by atoms with Gasteiger partial charge in [0.1, 0.15) is 16.4 Å². The number of benzene rings is 2. The van der Waals surface area contributed by atoms with Crippen LogP contribution in [0.2, 0.25) is 5.02 Å². The topological polar surface area (TPSA) is 67.4 Å². The molecule has 0 radical (unpaired) electrons. The number of hydrogen-bond donors (Lipinski definition) is 2. The van der Waals surface area contributed by atoms with Gasteiger partial charge in [-0.25, -0.2) is 4.39 Å². The summed E-state index contributed by atoms with van der Waals surface area (Å²) in [5.74, 6) is -0.518. The van der Waals surface area contributed by atoms with Crippen LogP contribution in [-0.2, 0) is 4.79 Å². The number of halogens is 2. The van der Waals surface area contributed by atoms with Gasteiger partial charge in [0.2, 0.25) is 0 Å². The molecule has 132 valence electrons. The molecular formula is C18H12ClFN2O3S. The normalized spacial score (nSPS) is 16.0. The largest absolute Gasteiger partial charge is 0.479 e. The van der Waals surface area contributed by atoms with E-state index in [-0.39, 0.29) is 16.7 Å². The first kappa shape index (κ1) is 16.8. The number of fused-ring (bicyclic) bond motifs is 2. The highest BCUT2D eigenvalue weighted by Crippen LogP contribution is 2.37. The number of amides is 2. The number of thiophene rings is 1. The van der Waals surface area contributed by atoms with Gasteiger partial charge in [0.25, 0.3) is 11.8 Å². The van der Waals surface area contributed by atoms with Gasteiger partial charge in [0.05, 0.1) is 10.7 Å². The van der Waals surface area contributed by atoms with Crippen LogP contribution in [0.1, 0.15) is 16.6 Å². The van der Waals surface area contributed by atoms with E-state index < -0.39 is 12.0 Å². The maximum absolute atomic E-state index is 13.4. The number of ether oxygens (including phenoxy) is 1. The summed E-state index contributed by atoms with van der Waals surface area (Å²) in [7, 11) is 0. The van der Waals surface area contributed by atoms with Crippen LogP contribution in [0.15, 0.2) is 36.4 Å². The Balaban J connectivity index is 1.62. The Morgan fingerprint density at radius 3 is 2.92 bits per heavy atom. The molecule has 2 aromatic carbocycles. The molecule has 0 aliphatic carbocycles. The maximum atomic E-state index is 13.4. The van der Waals surface area contributed by atoms with Gasteiger partial charge in [0, 0.05) is 15.8 Å². The predicted molar refractivity (Wildman–Crippen MR) is 99.9 cm³/mol. The first-order valence-electron chi connectivity index (χ1n) is 7.73. The Labute approximate surface area is 156 Å². The third-order valence-electron chi connectivity index (χ3n) is 3.97. The minimum Gasteiger partial charge on any atom is -0.479 e. The van der Waals surface area contributed by atoms with E-state index >= 15 is 0 Å². The Morgan fingerprint density at radius 2 is 2.12 bits per heavy atom. The summed E-state index contributed by atoms with van der Waals surface area (Å²) in [6, 6.07) is 9.14. The number of hydrogen-bond acceptors (Lipinski definition) is 4. The highest BCUT2D eigenvalue weighted by Gasteiger charge is 2.24. The zero-order valence-corrected chi connectivity index (χ0v) is 15.0. The van der Waals surface area contributed by atoms with Crippen molar-refractivity contribution < 1.29 is 18.7 Å². The number of rotatable bonds is 2. The number of anilines is 2. The van der Waals surface area contributed by atoms with E-state index in [0.29, 0.717) is 32.1 Å². The molecule has 0 saturated heterocycles. The van der Waals surface area contributed by atoms with Gasteiger partial charge in [0.15, 0.2) is 6.10 Å². The van der Waals surface area contributed by atoms with E-state index in [1.54, 1.807) is 31.2 Å². The summed E-state index contributed by atoms with van der Waals surface area (Å²) in [5, 5.41) is 6.37. The lowest BCUT2D eigenvalue weighted by molar-refractivity contribution is -0.122. The number of carbonyl (C=O) groups is 2. The highest BCUT2D eigenvalue weighted by molar-refractivity contribution is 7.21. The average molecular weight is 391 g/mol. The van der Waals surface area contributed by atoms with Gasteiger partial charge in [-0.15, -0.1) is 11.3 Å². The van der Waals surface area contributed by atoms with Gasteiger partial charge in [-0.3, -0.25) is 9.59 Å². The molecular weight excluding hydrogens is 379 g/mol. The zero-order valence-electron chi connectivity index (χ0n) is 13.4. The van der Waals surface area contributed by atoms with E-state index in [2.05, 4.69) is 10.6 Å². The van der Waals surface area contributed by atoms with Crippen LogP contribution in [0.25, 0.3) is 10.1 Å². The molecule has 26 heavy (non-hydrogen) atoms. The number of carbonyl (C=O) groups excluding carboxylic acids is 2. The quantitative estimate of drug-likeness (QED) is 0.668. The molecule has 2 heterocycles. The lowest BCUT2D eigenvalue weighted by atomic mass is 10.2. The SMILES string of the molecule is C[C@H]1Oc2ccc(NC(=O)c3sc4cc(F)ccc4c3Cl)cc2NC1=O. The maximum Gasteiger partial charge on any atom is 0.267 e. The predicted octanol–water partition coefficient (Wildman–Crippen LogP) is 4.67. The first-order valence-corrected chi connectivity index (χ1v) is 8.92. The molecule has 8 heteroatoms. The third kappa shape index (κ3) is 2.89. The monoisotopic (exact) mass is 390 g/mol. The Bertz CT molecular complexity index is 1070. The van der Waals surface area contributed by atoms with Gasteiger partial charge < -0.3 is 15.4 Å². The van der Waals surface area contributed by atoms with Gasteiger partial charge in [-0.1, -0.05) is 11.6 Å². The molecule has 1 aliphatic heterocycles. The fraction of sp³-hybridized carbons (Fsp3) is 0.111. The summed E-state index contributed by atoms with van der Waals surface area (Å²) in [5.41, 5.74) is 0.960. The summed E-state index contributed by atoms with van der Waals surface area (Å²) in [6.45, 7) is 1.65. The van der Waals surface area contributed by atoms with E-state index in [9.17, 15) is 14.0 Å². The molecule has 1 aromatic heterocycles. The van der Waals surface area contributed by atoms with Crippen molar-refractivity contribution in [2.75, 3.05) is 10.6 Å². The molecule has 2 N–H and O–H groups in total. The molecule has 5 nitrogen and oxygen atoms in total. The van der Waals surface area contributed by atoms with Crippen LogP contribution in [0.3, 0.4) is 0 Å². The van der Waals surface area contributed by atoms with Gasteiger partial charge in [-0.05, 0) is 43.3 Å². The van der Waals surface area contributed by atoms with E-state index in [1.165, 1.54) is 12.1 Å². The summed E-state index contributed by atoms with van der Waals surface area (Å²) >= 11 is 7.39. The minimum atomic E-state index is -0.569. The molecule has 1 aliphatic rings. The van der Waals surface area contributed by atoms with Crippen LogP contribution >= 0.6 is 22.9 Å². The van der Waals surface area contributed by atoms with E-state index in [0.717, 1.165) is 11.3 Å². The second kappa shape index (κ2) is 6.26. The lowest BCUT2D eigenvalue weighted by Crippen LogP contribution is -2.34.